The summed E-state index contributed by atoms with van der Waals surface area (Å²) in [6.07, 6.45) is 0. The highest BCUT2D eigenvalue weighted by molar-refractivity contribution is 6.37. The second kappa shape index (κ2) is 9.25. The summed E-state index contributed by atoms with van der Waals surface area (Å²) in [4.78, 5) is 25.7. The van der Waals surface area contributed by atoms with Crippen LogP contribution in [0.2, 0.25) is 10.0 Å². The Morgan fingerprint density at radius 1 is 1.13 bits per heavy atom. The minimum atomic E-state index is -0.595. The Hall–Kier alpha value is -3.27. The topological polar surface area (TPSA) is 84.1 Å². The van der Waals surface area contributed by atoms with Crippen molar-refractivity contribution in [1.82, 2.24) is 4.57 Å². The number of nitrogens with zero attached hydrogens (tertiary/aromatic N) is 2. The van der Waals surface area contributed by atoms with Gasteiger partial charge >= 0.3 is 5.97 Å². The van der Waals surface area contributed by atoms with Crippen LogP contribution in [0.25, 0.3) is 5.69 Å². The highest BCUT2D eigenvalue weighted by atomic mass is 35.5. The smallest absolute Gasteiger partial charge is 0.355 e. The van der Waals surface area contributed by atoms with Crippen LogP contribution in [-0.4, -0.2) is 23.1 Å². The van der Waals surface area contributed by atoms with Crippen molar-refractivity contribution in [2.24, 2.45) is 0 Å². The van der Waals surface area contributed by atoms with E-state index in [1.54, 1.807) is 32.0 Å². The van der Waals surface area contributed by atoms with Crippen molar-refractivity contribution in [1.29, 1.82) is 5.26 Å². The number of carbonyl (C=O) groups excluding carboxylic acids is 2. The van der Waals surface area contributed by atoms with Gasteiger partial charge in [-0.1, -0.05) is 40.9 Å². The largest absolute Gasteiger partial charge is 0.461 e. The molecule has 0 aliphatic heterocycles. The third kappa shape index (κ3) is 4.43. The molecule has 3 aromatic rings. The lowest BCUT2D eigenvalue weighted by Crippen LogP contribution is -2.18. The van der Waals surface area contributed by atoms with Gasteiger partial charge in [0.25, 0.3) is 5.91 Å². The van der Waals surface area contributed by atoms with E-state index in [1.807, 2.05) is 19.1 Å². The summed E-state index contributed by atoms with van der Waals surface area (Å²) in [5, 5.41) is 13.1. The normalized spacial score (nSPS) is 10.5. The highest BCUT2D eigenvalue weighted by Crippen LogP contribution is 2.32. The summed E-state index contributed by atoms with van der Waals surface area (Å²) >= 11 is 12.1. The summed E-state index contributed by atoms with van der Waals surface area (Å²) in [5.41, 5.74) is 2.52. The van der Waals surface area contributed by atoms with E-state index in [2.05, 4.69) is 11.4 Å². The first kappa shape index (κ1) is 22.4. The molecule has 0 aliphatic rings. The van der Waals surface area contributed by atoms with Crippen LogP contribution in [0.5, 0.6) is 0 Å². The lowest BCUT2D eigenvalue weighted by Gasteiger charge is -2.15. The fourth-order valence-electron chi connectivity index (χ4n) is 3.19. The first-order valence-electron chi connectivity index (χ1n) is 9.44. The lowest BCUT2D eigenvalue weighted by atomic mass is 10.1. The summed E-state index contributed by atoms with van der Waals surface area (Å²) < 4.78 is 6.73. The Morgan fingerprint density at radius 3 is 2.39 bits per heavy atom. The van der Waals surface area contributed by atoms with Gasteiger partial charge in [0.05, 0.1) is 22.8 Å². The van der Waals surface area contributed by atoms with Gasteiger partial charge < -0.3 is 10.1 Å². The zero-order valence-electron chi connectivity index (χ0n) is 17.1. The van der Waals surface area contributed by atoms with Crippen molar-refractivity contribution in [3.8, 4) is 11.8 Å². The molecule has 0 spiro atoms. The van der Waals surface area contributed by atoms with Crippen molar-refractivity contribution in [2.45, 2.75) is 20.8 Å². The number of rotatable bonds is 5. The number of anilines is 1. The standard InChI is InChI=1S/C23H19Cl2N3O3/c1-4-31-23(30)20-14(3)18(12-26)21(28(20)16-8-5-13(2)6-9-16)27-22(29)17-10-7-15(24)11-19(17)25/h5-11H,4H2,1-3H3,(H,27,29). The van der Waals surface area contributed by atoms with Gasteiger partial charge in [-0.2, -0.15) is 5.26 Å². The fraction of sp³-hybridized carbons (Fsp3) is 0.174. The number of aromatic nitrogens is 1. The van der Waals surface area contributed by atoms with E-state index in [0.717, 1.165) is 5.56 Å². The Labute approximate surface area is 190 Å². The third-order valence-electron chi connectivity index (χ3n) is 4.69. The molecule has 0 saturated carbocycles. The quantitative estimate of drug-likeness (QED) is 0.499. The number of ether oxygens (including phenoxy) is 1. The van der Waals surface area contributed by atoms with Crippen LogP contribution < -0.4 is 5.32 Å². The number of esters is 1. The number of amides is 1. The minimum absolute atomic E-state index is 0.155. The van der Waals surface area contributed by atoms with Crippen LogP contribution in [0.3, 0.4) is 0 Å². The fourth-order valence-corrected chi connectivity index (χ4v) is 3.68. The van der Waals surface area contributed by atoms with Crippen LogP contribution in [0.4, 0.5) is 5.82 Å². The molecule has 1 amide bonds. The maximum atomic E-state index is 13.0. The molecule has 1 N–H and O–H groups in total. The number of nitrogens with one attached hydrogen (secondary N) is 1. The van der Waals surface area contributed by atoms with Crippen molar-refractivity contribution >= 4 is 40.9 Å². The molecule has 0 bridgehead atoms. The Balaban J connectivity index is 2.21. The van der Waals surface area contributed by atoms with Gasteiger partial charge in [0.15, 0.2) is 0 Å². The predicted octanol–water partition coefficient (Wildman–Crippen LogP) is 5.70. The van der Waals surface area contributed by atoms with Gasteiger partial charge in [0.1, 0.15) is 17.6 Å². The second-order valence-electron chi connectivity index (χ2n) is 6.78. The highest BCUT2D eigenvalue weighted by Gasteiger charge is 2.28. The van der Waals surface area contributed by atoms with Gasteiger partial charge in [-0.25, -0.2) is 4.79 Å². The van der Waals surface area contributed by atoms with E-state index in [0.29, 0.717) is 16.3 Å². The zero-order valence-corrected chi connectivity index (χ0v) is 18.6. The molecule has 158 valence electrons. The number of benzene rings is 2. The predicted molar refractivity (Wildman–Crippen MR) is 120 cm³/mol. The molecule has 8 heteroatoms. The van der Waals surface area contributed by atoms with Gasteiger partial charge in [-0.15, -0.1) is 0 Å². The molecule has 2 aromatic carbocycles. The molecule has 31 heavy (non-hydrogen) atoms. The summed E-state index contributed by atoms with van der Waals surface area (Å²) in [5.74, 6) is -0.982. The molecule has 0 saturated heterocycles. The van der Waals surface area contributed by atoms with Gasteiger partial charge in [0.2, 0.25) is 0 Å². The van der Waals surface area contributed by atoms with E-state index in [9.17, 15) is 14.9 Å². The molecule has 3 rings (SSSR count). The molecule has 6 nitrogen and oxygen atoms in total. The van der Waals surface area contributed by atoms with Crippen molar-refractivity contribution in [3.63, 3.8) is 0 Å². The number of hydrogen-bond acceptors (Lipinski definition) is 4. The summed E-state index contributed by atoms with van der Waals surface area (Å²) in [7, 11) is 0. The Morgan fingerprint density at radius 2 is 1.81 bits per heavy atom. The molecule has 0 radical (unpaired) electrons. The Bertz CT molecular complexity index is 1210. The van der Waals surface area contributed by atoms with Gasteiger partial charge in [-0.3, -0.25) is 9.36 Å². The maximum Gasteiger partial charge on any atom is 0.355 e. The summed E-state index contributed by atoms with van der Waals surface area (Å²) in [6, 6.07) is 13.9. The maximum absolute atomic E-state index is 13.0. The van der Waals surface area contributed by atoms with E-state index in [-0.39, 0.29) is 34.3 Å². The molecule has 0 fully saturated rings. The lowest BCUT2D eigenvalue weighted by molar-refractivity contribution is 0.0516. The molecule has 1 heterocycles. The van der Waals surface area contributed by atoms with E-state index >= 15 is 0 Å². The molecule has 0 unspecified atom stereocenters. The number of carbonyl (C=O) groups is 2. The molecule has 1 aromatic heterocycles. The second-order valence-corrected chi connectivity index (χ2v) is 7.62. The molecular weight excluding hydrogens is 437 g/mol. The number of aryl methyl sites for hydroxylation is 1. The van der Waals surface area contributed by atoms with Gasteiger partial charge in [0, 0.05) is 16.3 Å². The van der Waals surface area contributed by atoms with Crippen LogP contribution in [0.1, 0.15) is 44.5 Å². The minimum Gasteiger partial charge on any atom is -0.461 e. The third-order valence-corrected chi connectivity index (χ3v) is 5.24. The number of hydrogen-bond donors (Lipinski definition) is 1. The average Bonchev–Trinajstić information content (AvgIpc) is 2.99. The SMILES string of the molecule is CCOC(=O)c1c(C)c(C#N)c(NC(=O)c2ccc(Cl)cc2Cl)n1-c1ccc(C)cc1. The average molecular weight is 456 g/mol. The van der Waals surface area contributed by atoms with Crippen molar-refractivity contribution in [3.05, 3.63) is 80.5 Å². The monoisotopic (exact) mass is 455 g/mol. The number of nitriles is 1. The van der Waals surface area contributed by atoms with Gasteiger partial charge in [-0.05, 0) is 51.1 Å². The van der Waals surface area contributed by atoms with Crippen LogP contribution in [0, 0.1) is 25.2 Å². The van der Waals surface area contributed by atoms with Crippen molar-refractivity contribution < 1.29 is 14.3 Å². The molecule has 0 atom stereocenters. The van der Waals surface area contributed by atoms with Crippen LogP contribution in [-0.2, 0) is 4.74 Å². The van der Waals surface area contributed by atoms with Crippen molar-refractivity contribution in [2.75, 3.05) is 11.9 Å². The van der Waals surface area contributed by atoms with E-state index in [4.69, 9.17) is 27.9 Å². The van der Waals surface area contributed by atoms with Crippen LogP contribution in [0.15, 0.2) is 42.5 Å². The zero-order chi connectivity index (χ0) is 22.7. The van der Waals surface area contributed by atoms with E-state index in [1.165, 1.54) is 16.7 Å². The van der Waals surface area contributed by atoms with E-state index < -0.39 is 11.9 Å². The number of halogens is 2. The first-order valence-corrected chi connectivity index (χ1v) is 10.2. The molecule has 0 aliphatic carbocycles. The summed E-state index contributed by atoms with van der Waals surface area (Å²) in [6.45, 7) is 5.44. The first-order chi connectivity index (χ1) is 14.8. The molecular formula is C23H19Cl2N3O3. The van der Waals surface area contributed by atoms with Crippen LogP contribution >= 0.6 is 23.2 Å². The Kier molecular flexibility index (Phi) is 6.69.